The predicted octanol–water partition coefficient (Wildman–Crippen LogP) is 2.24. The molecule has 1 aromatic heterocycles. The molecule has 8 nitrogen and oxygen atoms in total. The molecule has 0 aliphatic heterocycles. The summed E-state index contributed by atoms with van der Waals surface area (Å²) in [5, 5.41) is 9.09. The Morgan fingerprint density at radius 3 is 2.61 bits per heavy atom. The molecule has 0 bridgehead atoms. The lowest BCUT2D eigenvalue weighted by molar-refractivity contribution is 0.0986. The predicted molar refractivity (Wildman–Crippen MR) is 108 cm³/mol. The van der Waals surface area contributed by atoms with Crippen molar-refractivity contribution in [3.05, 3.63) is 56.2 Å². The number of carbonyl (C=O) groups is 1. The Morgan fingerprint density at radius 2 is 1.96 bits per heavy atom. The van der Waals surface area contributed by atoms with Gasteiger partial charge in [-0.15, -0.1) is 0 Å². The molecule has 0 spiro atoms. The van der Waals surface area contributed by atoms with E-state index in [1.165, 1.54) is 15.5 Å². The minimum Gasteiger partial charge on any atom is -0.383 e. The number of benzene rings is 1. The molecular formula is C20H25N5O3. The first kappa shape index (κ1) is 21.0. The average molecular weight is 383 g/mol. The molecule has 0 fully saturated rings. The number of nitrogens with zero attached hydrogens (tertiary/aromatic N) is 3. The summed E-state index contributed by atoms with van der Waals surface area (Å²) in [4.78, 5) is 41.4. The molecule has 1 heterocycles. The molecule has 0 radical (unpaired) electrons. The third-order valence-electron chi connectivity index (χ3n) is 4.44. The van der Waals surface area contributed by atoms with E-state index in [4.69, 9.17) is 11.0 Å². The smallest absolute Gasteiger partial charge is 0.330 e. The van der Waals surface area contributed by atoms with Crippen LogP contribution in [0.15, 0.2) is 33.9 Å². The van der Waals surface area contributed by atoms with Crippen molar-refractivity contribution < 1.29 is 4.79 Å². The summed E-state index contributed by atoms with van der Waals surface area (Å²) in [7, 11) is 0. The Labute approximate surface area is 163 Å². The third-order valence-corrected chi connectivity index (χ3v) is 4.44. The first-order chi connectivity index (χ1) is 13.4. The molecule has 2 rings (SSSR count). The molecule has 3 N–H and O–H groups in total. The molecule has 28 heavy (non-hydrogen) atoms. The van der Waals surface area contributed by atoms with E-state index in [-0.39, 0.29) is 23.6 Å². The number of nitriles is 1. The number of nitrogens with one attached hydrogen (secondary N) is 1. The standard InChI is InChI=1S/C20H25N5O3/c1-3-5-10-24(19(27)15-9-7-8-14(12-15)13-21)16-17(22)25(11-6-4-2)20(28)23-18(16)26/h7-9,12H,3-6,10-11,22H2,1-2H3,(H,23,26,28). The SMILES string of the molecule is CCCCN(C(=O)c1cccc(C#N)c1)c1c(N)n(CCCC)c(=O)[nH]c1=O. The molecule has 1 amide bonds. The van der Waals surface area contributed by atoms with Gasteiger partial charge in [0.1, 0.15) is 5.82 Å². The molecule has 8 heteroatoms. The van der Waals surface area contributed by atoms with Crippen molar-refractivity contribution in [1.29, 1.82) is 5.26 Å². The molecular weight excluding hydrogens is 358 g/mol. The monoisotopic (exact) mass is 383 g/mol. The van der Waals surface area contributed by atoms with Crippen LogP contribution in [0.25, 0.3) is 0 Å². The first-order valence-electron chi connectivity index (χ1n) is 9.39. The van der Waals surface area contributed by atoms with Crippen LogP contribution in [0.5, 0.6) is 0 Å². The van der Waals surface area contributed by atoms with Crippen molar-refractivity contribution in [3.63, 3.8) is 0 Å². The normalized spacial score (nSPS) is 10.5. The van der Waals surface area contributed by atoms with E-state index in [1.807, 2.05) is 19.9 Å². The fourth-order valence-electron chi connectivity index (χ4n) is 2.89. The van der Waals surface area contributed by atoms with Crippen LogP contribution in [0.2, 0.25) is 0 Å². The number of aromatic nitrogens is 2. The van der Waals surface area contributed by atoms with Crippen LogP contribution in [-0.4, -0.2) is 22.0 Å². The van der Waals surface area contributed by atoms with Gasteiger partial charge in [-0.1, -0.05) is 32.8 Å². The zero-order valence-electron chi connectivity index (χ0n) is 16.2. The molecule has 1 aromatic carbocycles. The number of carbonyl (C=O) groups excluding carboxylic acids is 1. The maximum absolute atomic E-state index is 13.2. The maximum Gasteiger partial charge on any atom is 0.330 e. The third kappa shape index (κ3) is 4.49. The van der Waals surface area contributed by atoms with Crippen LogP contribution in [0.1, 0.15) is 55.5 Å². The van der Waals surface area contributed by atoms with Crippen molar-refractivity contribution in [3.8, 4) is 6.07 Å². The second-order valence-corrected chi connectivity index (χ2v) is 6.50. The second kappa shape index (κ2) is 9.55. The van der Waals surface area contributed by atoms with E-state index in [0.29, 0.717) is 24.9 Å². The minimum absolute atomic E-state index is 0.0249. The summed E-state index contributed by atoms with van der Waals surface area (Å²) in [6.45, 7) is 4.57. The molecule has 0 saturated carbocycles. The fourth-order valence-corrected chi connectivity index (χ4v) is 2.89. The number of nitrogens with two attached hydrogens (primary N) is 1. The lowest BCUT2D eigenvalue weighted by Crippen LogP contribution is -2.41. The summed E-state index contributed by atoms with van der Waals surface area (Å²) in [5.41, 5.74) is 5.47. The van der Waals surface area contributed by atoms with E-state index < -0.39 is 17.2 Å². The van der Waals surface area contributed by atoms with Gasteiger partial charge >= 0.3 is 5.69 Å². The Hall–Kier alpha value is -3.34. The Kier molecular flexibility index (Phi) is 7.15. The number of amides is 1. The van der Waals surface area contributed by atoms with Crippen molar-refractivity contribution in [2.45, 2.75) is 46.1 Å². The van der Waals surface area contributed by atoms with E-state index in [2.05, 4.69) is 4.98 Å². The number of nitrogen functional groups attached to an aromatic ring is 1. The summed E-state index contributed by atoms with van der Waals surface area (Å²) in [5.74, 6) is -0.466. The molecule has 0 aliphatic carbocycles. The maximum atomic E-state index is 13.2. The number of aromatic amines is 1. The summed E-state index contributed by atoms with van der Waals surface area (Å²) < 4.78 is 1.29. The summed E-state index contributed by atoms with van der Waals surface area (Å²) in [6.07, 6.45) is 3.01. The Morgan fingerprint density at radius 1 is 1.25 bits per heavy atom. The highest BCUT2D eigenvalue weighted by Gasteiger charge is 2.25. The summed E-state index contributed by atoms with van der Waals surface area (Å²) >= 11 is 0. The van der Waals surface area contributed by atoms with Crippen molar-refractivity contribution in [1.82, 2.24) is 9.55 Å². The van der Waals surface area contributed by atoms with Gasteiger partial charge in [-0.2, -0.15) is 5.26 Å². The highest BCUT2D eigenvalue weighted by Crippen LogP contribution is 2.21. The van der Waals surface area contributed by atoms with E-state index >= 15 is 0 Å². The van der Waals surface area contributed by atoms with Crippen LogP contribution in [0.3, 0.4) is 0 Å². The van der Waals surface area contributed by atoms with Crippen molar-refractivity contribution in [2.24, 2.45) is 0 Å². The van der Waals surface area contributed by atoms with Gasteiger partial charge in [0.2, 0.25) is 0 Å². The lowest BCUT2D eigenvalue weighted by atomic mass is 10.1. The lowest BCUT2D eigenvalue weighted by Gasteiger charge is -2.24. The number of hydrogen-bond acceptors (Lipinski definition) is 5. The molecule has 0 saturated heterocycles. The molecule has 148 valence electrons. The van der Waals surface area contributed by atoms with E-state index in [0.717, 1.165) is 12.8 Å². The van der Waals surface area contributed by atoms with Crippen molar-refractivity contribution >= 4 is 17.4 Å². The highest BCUT2D eigenvalue weighted by molar-refractivity contribution is 6.07. The minimum atomic E-state index is -0.698. The number of hydrogen-bond donors (Lipinski definition) is 2. The first-order valence-corrected chi connectivity index (χ1v) is 9.39. The quantitative estimate of drug-likeness (QED) is 0.723. The van der Waals surface area contributed by atoms with Crippen LogP contribution >= 0.6 is 0 Å². The van der Waals surface area contributed by atoms with Gasteiger partial charge in [-0.25, -0.2) is 4.79 Å². The highest BCUT2D eigenvalue weighted by atomic mass is 16.2. The van der Waals surface area contributed by atoms with Gasteiger partial charge in [-0.3, -0.25) is 19.1 Å². The number of unbranched alkanes of at least 4 members (excludes halogenated alkanes) is 2. The number of rotatable bonds is 8. The Bertz CT molecular complexity index is 1000. The molecule has 0 unspecified atom stereocenters. The second-order valence-electron chi connectivity index (χ2n) is 6.50. The van der Waals surface area contributed by atoms with Crippen LogP contribution in [0.4, 0.5) is 11.5 Å². The molecule has 0 atom stereocenters. The van der Waals surface area contributed by atoms with Gasteiger partial charge in [0.05, 0.1) is 11.6 Å². The average Bonchev–Trinajstić information content (AvgIpc) is 2.69. The van der Waals surface area contributed by atoms with Crippen molar-refractivity contribution in [2.75, 3.05) is 17.2 Å². The molecule has 0 aliphatic rings. The van der Waals surface area contributed by atoms with Crippen LogP contribution in [0, 0.1) is 11.3 Å². The number of H-pyrrole nitrogens is 1. The zero-order chi connectivity index (χ0) is 20.7. The van der Waals surface area contributed by atoms with Gasteiger partial charge < -0.3 is 10.6 Å². The zero-order valence-corrected chi connectivity index (χ0v) is 16.2. The van der Waals surface area contributed by atoms with Gasteiger partial charge in [-0.05, 0) is 31.0 Å². The topological polar surface area (TPSA) is 125 Å². The fraction of sp³-hybridized carbons (Fsp3) is 0.400. The Balaban J connectivity index is 2.59. The largest absolute Gasteiger partial charge is 0.383 e. The molecule has 2 aromatic rings. The van der Waals surface area contributed by atoms with E-state index in [9.17, 15) is 14.4 Å². The summed E-state index contributed by atoms with van der Waals surface area (Å²) in [6, 6.07) is 8.26. The number of anilines is 2. The van der Waals surface area contributed by atoms with Gasteiger partial charge in [0.25, 0.3) is 11.5 Å². The van der Waals surface area contributed by atoms with Crippen LogP contribution in [-0.2, 0) is 6.54 Å². The van der Waals surface area contributed by atoms with Crippen LogP contribution < -0.4 is 21.9 Å². The van der Waals surface area contributed by atoms with Gasteiger partial charge in [0, 0.05) is 18.7 Å². The van der Waals surface area contributed by atoms with Gasteiger partial charge in [0.15, 0.2) is 5.69 Å². The van der Waals surface area contributed by atoms with E-state index in [1.54, 1.807) is 18.2 Å².